The molecule has 5 nitrogen and oxygen atoms in total. The zero-order chi connectivity index (χ0) is 19.0. The fourth-order valence-corrected chi connectivity index (χ4v) is 3.40. The van der Waals surface area contributed by atoms with Crippen LogP contribution in [0.15, 0.2) is 60.7 Å². The van der Waals surface area contributed by atoms with Crippen molar-refractivity contribution in [3.05, 3.63) is 82.9 Å². The normalized spacial score (nSPS) is 15.9. The molecule has 0 radical (unpaired) electrons. The molecule has 0 saturated heterocycles. The molecule has 27 heavy (non-hydrogen) atoms. The summed E-state index contributed by atoms with van der Waals surface area (Å²) in [7, 11) is 0. The van der Waals surface area contributed by atoms with Crippen LogP contribution >= 0.6 is 0 Å². The van der Waals surface area contributed by atoms with Gasteiger partial charge in [0.25, 0.3) is 0 Å². The van der Waals surface area contributed by atoms with Gasteiger partial charge < -0.3 is 20.1 Å². The van der Waals surface area contributed by atoms with E-state index in [4.69, 9.17) is 4.74 Å². The molecular weight excluding hydrogens is 344 g/mol. The highest BCUT2D eigenvalue weighted by Gasteiger charge is 2.33. The molecule has 3 N–H and O–H groups in total. The SMILES string of the molecule is O=C1CC(c2ccccc2)Oc2c(Cc3ccccc3O)c(O)cc(O)c21. The maximum absolute atomic E-state index is 12.7. The number of rotatable bonds is 3. The fourth-order valence-electron chi connectivity index (χ4n) is 3.40. The lowest BCUT2D eigenvalue weighted by Gasteiger charge is -2.28. The molecule has 0 aromatic heterocycles. The van der Waals surface area contributed by atoms with Crippen LogP contribution in [-0.2, 0) is 6.42 Å². The third-order valence-corrected chi connectivity index (χ3v) is 4.78. The summed E-state index contributed by atoms with van der Waals surface area (Å²) >= 11 is 0. The Labute approximate surface area is 156 Å². The van der Waals surface area contributed by atoms with Crippen LogP contribution in [0.25, 0.3) is 0 Å². The third kappa shape index (κ3) is 3.08. The maximum Gasteiger partial charge on any atom is 0.174 e. The summed E-state index contributed by atoms with van der Waals surface area (Å²) in [5.74, 6) is -0.487. The molecule has 0 spiro atoms. The molecule has 136 valence electrons. The van der Waals surface area contributed by atoms with Crippen molar-refractivity contribution in [3.8, 4) is 23.0 Å². The largest absolute Gasteiger partial charge is 0.508 e. The smallest absolute Gasteiger partial charge is 0.174 e. The predicted molar refractivity (Wildman–Crippen MR) is 99.4 cm³/mol. The van der Waals surface area contributed by atoms with E-state index < -0.39 is 6.10 Å². The van der Waals surface area contributed by atoms with Crippen molar-refractivity contribution in [2.24, 2.45) is 0 Å². The van der Waals surface area contributed by atoms with Gasteiger partial charge in [0.15, 0.2) is 5.78 Å². The van der Waals surface area contributed by atoms with Crippen molar-refractivity contribution < 1.29 is 24.9 Å². The summed E-state index contributed by atoms with van der Waals surface area (Å²) in [6, 6.07) is 17.3. The molecule has 1 heterocycles. The Morgan fingerprint density at radius 3 is 2.33 bits per heavy atom. The van der Waals surface area contributed by atoms with Crippen LogP contribution in [0.3, 0.4) is 0 Å². The zero-order valence-electron chi connectivity index (χ0n) is 14.4. The molecule has 0 saturated carbocycles. The Morgan fingerprint density at radius 1 is 0.889 bits per heavy atom. The van der Waals surface area contributed by atoms with Crippen LogP contribution in [0.5, 0.6) is 23.0 Å². The van der Waals surface area contributed by atoms with Gasteiger partial charge in [-0.1, -0.05) is 48.5 Å². The zero-order valence-corrected chi connectivity index (χ0v) is 14.4. The van der Waals surface area contributed by atoms with Crippen LogP contribution in [0.2, 0.25) is 0 Å². The number of para-hydroxylation sites is 1. The van der Waals surface area contributed by atoms with Gasteiger partial charge in [0.1, 0.15) is 34.7 Å². The molecule has 4 rings (SSSR count). The molecule has 0 bridgehead atoms. The average molecular weight is 362 g/mol. The number of ether oxygens (including phenoxy) is 1. The summed E-state index contributed by atoms with van der Waals surface area (Å²) in [4.78, 5) is 12.7. The Morgan fingerprint density at radius 2 is 1.59 bits per heavy atom. The van der Waals surface area contributed by atoms with Crippen molar-refractivity contribution in [1.29, 1.82) is 0 Å². The number of ketones is 1. The van der Waals surface area contributed by atoms with Crippen molar-refractivity contribution in [2.75, 3.05) is 0 Å². The minimum atomic E-state index is -0.504. The number of phenolic OH excluding ortho intramolecular Hbond substituents is 3. The van der Waals surface area contributed by atoms with Gasteiger partial charge in [0.2, 0.25) is 0 Å². The van der Waals surface area contributed by atoms with Gasteiger partial charge in [-0.15, -0.1) is 0 Å². The van der Waals surface area contributed by atoms with E-state index in [1.165, 1.54) is 0 Å². The van der Waals surface area contributed by atoms with Gasteiger partial charge in [0.05, 0.1) is 6.42 Å². The van der Waals surface area contributed by atoms with Gasteiger partial charge in [0, 0.05) is 18.1 Å². The summed E-state index contributed by atoms with van der Waals surface area (Å²) < 4.78 is 6.07. The van der Waals surface area contributed by atoms with E-state index in [1.807, 2.05) is 30.3 Å². The molecule has 1 atom stereocenters. The molecule has 3 aromatic carbocycles. The monoisotopic (exact) mass is 362 g/mol. The Bertz CT molecular complexity index is 1010. The van der Waals surface area contributed by atoms with E-state index in [9.17, 15) is 20.1 Å². The number of phenols is 3. The number of hydrogen-bond donors (Lipinski definition) is 3. The summed E-state index contributed by atoms with van der Waals surface area (Å²) in [5, 5.41) is 30.7. The number of carbonyl (C=O) groups excluding carboxylic acids is 1. The quantitative estimate of drug-likeness (QED) is 0.653. The van der Waals surface area contributed by atoms with Crippen LogP contribution in [-0.4, -0.2) is 21.1 Å². The second-order valence-electron chi connectivity index (χ2n) is 6.55. The van der Waals surface area contributed by atoms with Crippen molar-refractivity contribution in [3.63, 3.8) is 0 Å². The number of benzene rings is 3. The van der Waals surface area contributed by atoms with Crippen molar-refractivity contribution in [1.82, 2.24) is 0 Å². The number of Topliss-reactive ketones (excluding diaryl/α,β-unsaturated/α-hetero) is 1. The predicted octanol–water partition coefficient (Wildman–Crippen LogP) is 4.10. The number of aromatic hydroxyl groups is 3. The van der Waals surface area contributed by atoms with Gasteiger partial charge in [-0.05, 0) is 17.2 Å². The molecule has 3 aromatic rings. The Balaban J connectivity index is 1.81. The highest BCUT2D eigenvalue weighted by Crippen LogP contribution is 2.46. The minimum absolute atomic E-state index is 0.0744. The van der Waals surface area contributed by atoms with E-state index in [-0.39, 0.29) is 47.2 Å². The van der Waals surface area contributed by atoms with E-state index >= 15 is 0 Å². The fraction of sp³-hybridized carbons (Fsp3) is 0.136. The van der Waals surface area contributed by atoms with E-state index in [0.29, 0.717) is 11.1 Å². The molecule has 1 aliphatic heterocycles. The lowest BCUT2D eigenvalue weighted by atomic mass is 9.91. The second kappa shape index (κ2) is 6.68. The molecule has 1 aliphatic rings. The first kappa shape index (κ1) is 17.0. The third-order valence-electron chi connectivity index (χ3n) is 4.78. The van der Waals surface area contributed by atoms with Crippen LogP contribution in [0, 0.1) is 0 Å². The Kier molecular flexibility index (Phi) is 4.20. The van der Waals surface area contributed by atoms with E-state index in [1.54, 1.807) is 24.3 Å². The lowest BCUT2D eigenvalue weighted by molar-refractivity contribution is 0.0842. The first-order valence-corrected chi connectivity index (χ1v) is 8.64. The molecule has 0 aliphatic carbocycles. The molecule has 5 heteroatoms. The standard InChI is InChI=1S/C22H18O5/c23-16-9-5-4-8-14(16)10-15-17(24)11-18(25)21-19(26)12-20(27-22(15)21)13-6-2-1-3-7-13/h1-9,11,20,23-25H,10,12H2. The van der Waals surface area contributed by atoms with Gasteiger partial charge in [-0.25, -0.2) is 0 Å². The topological polar surface area (TPSA) is 87.0 Å². The lowest BCUT2D eigenvalue weighted by Crippen LogP contribution is -2.21. The van der Waals surface area contributed by atoms with Crippen molar-refractivity contribution >= 4 is 5.78 Å². The summed E-state index contributed by atoms with van der Waals surface area (Å²) in [5.41, 5.74) is 1.86. The van der Waals surface area contributed by atoms with Crippen LogP contribution in [0.1, 0.15) is 39.6 Å². The highest BCUT2D eigenvalue weighted by atomic mass is 16.5. The van der Waals surface area contributed by atoms with Crippen LogP contribution in [0.4, 0.5) is 0 Å². The van der Waals surface area contributed by atoms with Gasteiger partial charge in [-0.3, -0.25) is 4.79 Å². The first-order valence-electron chi connectivity index (χ1n) is 8.64. The van der Waals surface area contributed by atoms with Crippen LogP contribution < -0.4 is 4.74 Å². The van der Waals surface area contributed by atoms with Gasteiger partial charge >= 0.3 is 0 Å². The minimum Gasteiger partial charge on any atom is -0.508 e. The Hall–Kier alpha value is -3.47. The maximum atomic E-state index is 12.7. The molecule has 1 unspecified atom stereocenters. The van der Waals surface area contributed by atoms with Gasteiger partial charge in [-0.2, -0.15) is 0 Å². The van der Waals surface area contributed by atoms with Crippen molar-refractivity contribution in [2.45, 2.75) is 18.9 Å². The molecular formula is C22H18O5. The summed E-state index contributed by atoms with van der Waals surface area (Å²) in [6.45, 7) is 0. The second-order valence-corrected chi connectivity index (χ2v) is 6.55. The first-order chi connectivity index (χ1) is 13.0. The number of hydrogen-bond acceptors (Lipinski definition) is 5. The van der Waals surface area contributed by atoms with E-state index in [2.05, 4.69) is 0 Å². The average Bonchev–Trinajstić information content (AvgIpc) is 2.66. The molecule has 0 amide bonds. The summed E-state index contributed by atoms with van der Waals surface area (Å²) in [6.07, 6.45) is -0.239. The number of carbonyl (C=O) groups is 1. The highest BCUT2D eigenvalue weighted by molar-refractivity contribution is 6.03. The number of fused-ring (bicyclic) bond motifs is 1. The van der Waals surface area contributed by atoms with E-state index in [0.717, 1.165) is 11.6 Å². The molecule has 0 fully saturated rings.